The Morgan fingerprint density at radius 1 is 1.21 bits per heavy atom. The van der Waals surface area contributed by atoms with Gasteiger partial charge in [0.1, 0.15) is 5.56 Å². The second-order valence-electron chi connectivity index (χ2n) is 2.98. The van der Waals surface area contributed by atoms with Gasteiger partial charge in [-0.05, 0) is 0 Å². The van der Waals surface area contributed by atoms with Crippen molar-refractivity contribution in [2.75, 3.05) is 0 Å². The van der Waals surface area contributed by atoms with Gasteiger partial charge < -0.3 is 0 Å². The Morgan fingerprint density at radius 2 is 1.93 bits per heavy atom. The van der Waals surface area contributed by atoms with Gasteiger partial charge in [-0.15, -0.1) is 0 Å². The van der Waals surface area contributed by atoms with E-state index in [-0.39, 0.29) is 29.0 Å². The number of rotatable bonds is 1. The standard InChI is InChI=1S/C9H5NO4/c11-7-4-8(12)9-5(7)2-1-3-6(9)10(13)14/h1-3H,4H2. The molecule has 1 aromatic rings. The zero-order valence-electron chi connectivity index (χ0n) is 7.02. The molecule has 1 aliphatic rings. The van der Waals surface area contributed by atoms with Crippen LogP contribution in [0.15, 0.2) is 18.2 Å². The number of nitro benzene ring substituents is 1. The van der Waals surface area contributed by atoms with Crippen LogP contribution < -0.4 is 0 Å². The van der Waals surface area contributed by atoms with Crippen molar-refractivity contribution < 1.29 is 14.5 Å². The van der Waals surface area contributed by atoms with Gasteiger partial charge in [-0.25, -0.2) is 0 Å². The van der Waals surface area contributed by atoms with E-state index in [1.807, 2.05) is 0 Å². The van der Waals surface area contributed by atoms with Gasteiger partial charge in [-0.3, -0.25) is 19.7 Å². The van der Waals surface area contributed by atoms with E-state index in [0.717, 1.165) is 0 Å². The topological polar surface area (TPSA) is 77.3 Å². The molecule has 0 amide bonds. The van der Waals surface area contributed by atoms with E-state index in [4.69, 9.17) is 0 Å². The van der Waals surface area contributed by atoms with E-state index in [9.17, 15) is 19.7 Å². The second-order valence-corrected chi connectivity index (χ2v) is 2.98. The van der Waals surface area contributed by atoms with Crippen LogP contribution in [0.3, 0.4) is 0 Å². The quantitative estimate of drug-likeness (QED) is 0.381. The minimum atomic E-state index is -0.644. The first kappa shape index (κ1) is 8.55. The molecule has 70 valence electrons. The van der Waals surface area contributed by atoms with Gasteiger partial charge in [0.2, 0.25) is 0 Å². The first-order chi connectivity index (χ1) is 6.61. The number of ketones is 2. The molecule has 5 heteroatoms. The summed E-state index contributed by atoms with van der Waals surface area (Å²) in [7, 11) is 0. The van der Waals surface area contributed by atoms with Crippen LogP contribution in [0.4, 0.5) is 5.69 Å². The highest BCUT2D eigenvalue weighted by Gasteiger charge is 2.33. The largest absolute Gasteiger partial charge is 0.294 e. The summed E-state index contributed by atoms with van der Waals surface area (Å²) < 4.78 is 0. The van der Waals surface area contributed by atoms with Crippen LogP contribution in [0, 0.1) is 10.1 Å². The SMILES string of the molecule is O=C1CC(=O)c2c1cccc2[N+](=O)[O-]. The Bertz CT molecular complexity index is 464. The average Bonchev–Trinajstić information content (AvgIpc) is 2.43. The monoisotopic (exact) mass is 191 g/mol. The predicted molar refractivity (Wildman–Crippen MR) is 46.4 cm³/mol. The molecule has 0 heterocycles. The third-order valence-corrected chi connectivity index (χ3v) is 2.14. The molecule has 0 unspecified atom stereocenters. The second kappa shape index (κ2) is 2.73. The predicted octanol–water partition coefficient (Wildman–Crippen LogP) is 1.36. The Balaban J connectivity index is 2.74. The summed E-state index contributed by atoms with van der Waals surface area (Å²) in [6, 6.07) is 4.08. The smallest absolute Gasteiger partial charge is 0.280 e. The number of carbonyl (C=O) groups is 2. The van der Waals surface area contributed by atoms with Crippen molar-refractivity contribution in [3.05, 3.63) is 39.4 Å². The Labute approximate surface area is 78.5 Å². The number of nitro groups is 1. The lowest BCUT2D eigenvalue weighted by atomic mass is 10.1. The summed E-state index contributed by atoms with van der Waals surface area (Å²) in [6.45, 7) is 0. The highest BCUT2D eigenvalue weighted by Crippen LogP contribution is 2.29. The minimum absolute atomic E-state index is 0.0394. The van der Waals surface area contributed by atoms with Gasteiger partial charge in [0.05, 0.1) is 11.3 Å². The van der Waals surface area contributed by atoms with Crippen molar-refractivity contribution in [2.45, 2.75) is 6.42 Å². The zero-order valence-corrected chi connectivity index (χ0v) is 7.02. The lowest BCUT2D eigenvalue weighted by Crippen LogP contribution is -1.99. The number of carbonyl (C=O) groups excluding carboxylic acids is 2. The highest BCUT2D eigenvalue weighted by atomic mass is 16.6. The summed E-state index contributed by atoms with van der Waals surface area (Å²) >= 11 is 0. The maximum atomic E-state index is 11.3. The maximum Gasteiger partial charge on any atom is 0.280 e. The fraction of sp³-hybridized carbons (Fsp3) is 0.111. The summed E-state index contributed by atoms with van der Waals surface area (Å²) in [5, 5.41) is 10.6. The lowest BCUT2D eigenvalue weighted by molar-refractivity contribution is -0.385. The van der Waals surface area contributed by atoms with Gasteiger partial charge in [0.15, 0.2) is 11.6 Å². The molecule has 1 aromatic carbocycles. The summed E-state index contributed by atoms with van der Waals surface area (Å²) in [4.78, 5) is 32.4. The van der Waals surface area contributed by atoms with Crippen molar-refractivity contribution in [1.29, 1.82) is 0 Å². The van der Waals surface area contributed by atoms with Gasteiger partial charge >= 0.3 is 0 Å². The molecular formula is C9H5NO4. The number of fused-ring (bicyclic) bond motifs is 1. The Hall–Kier alpha value is -2.04. The van der Waals surface area contributed by atoms with E-state index in [1.165, 1.54) is 18.2 Å². The Kier molecular flexibility index (Phi) is 1.67. The molecule has 0 aromatic heterocycles. The molecule has 14 heavy (non-hydrogen) atoms. The van der Waals surface area contributed by atoms with Crippen molar-refractivity contribution in [1.82, 2.24) is 0 Å². The van der Waals surface area contributed by atoms with Crippen LogP contribution in [-0.4, -0.2) is 16.5 Å². The van der Waals surface area contributed by atoms with E-state index >= 15 is 0 Å². The molecule has 2 rings (SSSR count). The summed E-state index contributed by atoms with van der Waals surface area (Å²) in [6.07, 6.45) is -0.250. The molecule has 0 spiro atoms. The van der Waals surface area contributed by atoms with Crippen molar-refractivity contribution in [2.24, 2.45) is 0 Å². The molecule has 1 aliphatic carbocycles. The van der Waals surface area contributed by atoms with Crippen LogP contribution in [0.1, 0.15) is 27.1 Å². The molecule has 5 nitrogen and oxygen atoms in total. The molecular weight excluding hydrogens is 186 g/mol. The molecule has 0 N–H and O–H groups in total. The number of hydrogen-bond donors (Lipinski definition) is 0. The van der Waals surface area contributed by atoms with Crippen molar-refractivity contribution in [3.63, 3.8) is 0 Å². The van der Waals surface area contributed by atoms with Gasteiger partial charge in [0, 0.05) is 11.6 Å². The number of hydrogen-bond acceptors (Lipinski definition) is 4. The van der Waals surface area contributed by atoms with Crippen molar-refractivity contribution >= 4 is 17.3 Å². The molecule has 0 aliphatic heterocycles. The van der Waals surface area contributed by atoms with Gasteiger partial charge in [-0.2, -0.15) is 0 Å². The molecule has 0 atom stereocenters. The third-order valence-electron chi connectivity index (χ3n) is 2.14. The van der Waals surface area contributed by atoms with Gasteiger partial charge in [0.25, 0.3) is 5.69 Å². The molecule has 0 saturated heterocycles. The molecule has 0 fully saturated rings. The Morgan fingerprint density at radius 3 is 2.57 bits per heavy atom. The maximum absolute atomic E-state index is 11.3. The molecule has 0 bridgehead atoms. The molecule has 0 radical (unpaired) electrons. The normalized spacial score (nSPS) is 14.3. The van der Waals surface area contributed by atoms with Crippen LogP contribution in [0.2, 0.25) is 0 Å². The van der Waals surface area contributed by atoms with E-state index < -0.39 is 10.7 Å². The average molecular weight is 191 g/mol. The van der Waals surface area contributed by atoms with Crippen LogP contribution in [0.25, 0.3) is 0 Å². The molecule has 0 saturated carbocycles. The summed E-state index contributed by atoms with van der Waals surface area (Å²) in [5.41, 5.74) is -0.148. The fourth-order valence-corrected chi connectivity index (χ4v) is 1.55. The van der Waals surface area contributed by atoms with Gasteiger partial charge in [-0.1, -0.05) is 12.1 Å². The fourth-order valence-electron chi connectivity index (χ4n) is 1.55. The van der Waals surface area contributed by atoms with Crippen molar-refractivity contribution in [3.8, 4) is 0 Å². The van der Waals surface area contributed by atoms with Crippen LogP contribution in [0.5, 0.6) is 0 Å². The number of Topliss-reactive ketones (excluding diaryl/α,β-unsaturated/α-hetero) is 2. The number of nitrogens with zero attached hydrogens (tertiary/aromatic N) is 1. The number of benzene rings is 1. The van der Waals surface area contributed by atoms with Crippen LogP contribution >= 0.6 is 0 Å². The summed E-state index contributed by atoms with van der Waals surface area (Å²) in [5.74, 6) is -0.800. The first-order valence-corrected chi connectivity index (χ1v) is 3.95. The zero-order chi connectivity index (χ0) is 10.3. The first-order valence-electron chi connectivity index (χ1n) is 3.95. The van der Waals surface area contributed by atoms with E-state index in [2.05, 4.69) is 0 Å². The van der Waals surface area contributed by atoms with E-state index in [1.54, 1.807) is 0 Å². The van der Waals surface area contributed by atoms with Crippen LogP contribution in [-0.2, 0) is 0 Å². The third kappa shape index (κ3) is 1.02. The van der Waals surface area contributed by atoms with E-state index in [0.29, 0.717) is 0 Å². The highest BCUT2D eigenvalue weighted by molar-refractivity contribution is 6.25. The minimum Gasteiger partial charge on any atom is -0.294 e. The lowest BCUT2D eigenvalue weighted by Gasteiger charge is -1.96.